The van der Waals surface area contributed by atoms with Crippen LogP contribution in [0.25, 0.3) is 0 Å². The lowest BCUT2D eigenvalue weighted by Gasteiger charge is -2.38. The number of hydrogen-bond acceptors (Lipinski definition) is 9. The van der Waals surface area contributed by atoms with Crippen molar-refractivity contribution in [1.29, 1.82) is 0 Å². The number of hydrogen-bond donors (Lipinski definition) is 1. The summed E-state index contributed by atoms with van der Waals surface area (Å²) in [6.07, 6.45) is 0.300. The molecule has 0 bridgehead atoms. The van der Waals surface area contributed by atoms with E-state index >= 15 is 0 Å². The number of amides is 3. The predicted octanol–water partition coefficient (Wildman–Crippen LogP) is 1.56. The Morgan fingerprint density at radius 2 is 1.91 bits per heavy atom. The average molecular weight is 458 g/mol. The van der Waals surface area contributed by atoms with Crippen LogP contribution in [0, 0.1) is 5.92 Å². The lowest BCUT2D eigenvalue weighted by atomic mass is 9.92. The number of carbonyl (C=O) groups is 5. The van der Waals surface area contributed by atoms with Gasteiger partial charge in [0.15, 0.2) is 11.9 Å². The third-order valence-corrected chi connectivity index (χ3v) is 4.97. The van der Waals surface area contributed by atoms with Gasteiger partial charge < -0.3 is 24.7 Å². The minimum atomic E-state index is -1.44. The number of rotatable bonds is 8. The zero-order valence-corrected chi connectivity index (χ0v) is 17.7. The number of imide groups is 1. The van der Waals surface area contributed by atoms with Crippen LogP contribution in [0.1, 0.15) is 18.4 Å². The Morgan fingerprint density at radius 1 is 1.18 bits per heavy atom. The third-order valence-electron chi connectivity index (χ3n) is 4.97. The topological polar surface area (TPSA) is 152 Å². The van der Waals surface area contributed by atoms with Crippen molar-refractivity contribution in [2.24, 2.45) is 11.7 Å². The van der Waals surface area contributed by atoms with Gasteiger partial charge >= 0.3 is 18.2 Å². The van der Waals surface area contributed by atoms with Gasteiger partial charge in [0.1, 0.15) is 18.6 Å². The summed E-state index contributed by atoms with van der Waals surface area (Å²) in [5.74, 6) is -3.56. The van der Waals surface area contributed by atoms with Crippen molar-refractivity contribution in [3.8, 4) is 0 Å². The van der Waals surface area contributed by atoms with E-state index in [1.54, 1.807) is 30.3 Å². The van der Waals surface area contributed by atoms with Gasteiger partial charge in [-0.1, -0.05) is 42.5 Å². The van der Waals surface area contributed by atoms with E-state index in [2.05, 4.69) is 4.74 Å². The van der Waals surface area contributed by atoms with E-state index < -0.39 is 48.1 Å². The maximum Gasteiger partial charge on any atom is 0.513 e. The molecule has 1 aromatic rings. The molecule has 3 rings (SSSR count). The van der Waals surface area contributed by atoms with Gasteiger partial charge in [0, 0.05) is 6.42 Å². The molecule has 174 valence electrons. The Hall–Kier alpha value is -4.15. The molecular formula is C22H22N2O9. The first-order valence-corrected chi connectivity index (χ1v) is 9.98. The molecule has 1 heterocycles. The summed E-state index contributed by atoms with van der Waals surface area (Å²) >= 11 is 0. The van der Waals surface area contributed by atoms with Crippen LogP contribution in [0.4, 0.5) is 9.59 Å². The quantitative estimate of drug-likeness (QED) is 0.452. The minimum Gasteiger partial charge on any atom is -0.459 e. The number of fused-ring (bicyclic) bond motifs is 1. The average Bonchev–Trinajstić information content (AvgIpc) is 2.80. The van der Waals surface area contributed by atoms with Gasteiger partial charge in [-0.25, -0.2) is 19.3 Å². The van der Waals surface area contributed by atoms with E-state index in [0.29, 0.717) is 10.5 Å². The van der Waals surface area contributed by atoms with Crippen LogP contribution in [0.5, 0.6) is 0 Å². The van der Waals surface area contributed by atoms with Crippen LogP contribution < -0.4 is 5.73 Å². The van der Waals surface area contributed by atoms with Crippen molar-refractivity contribution >= 4 is 30.0 Å². The van der Waals surface area contributed by atoms with Crippen molar-refractivity contribution in [2.75, 3.05) is 7.11 Å². The van der Waals surface area contributed by atoms with Crippen LogP contribution in [0.3, 0.4) is 0 Å². The fourth-order valence-electron chi connectivity index (χ4n) is 3.37. The zero-order chi connectivity index (χ0) is 24.0. The number of allylic oxidation sites excluding steroid dienone is 2. The molecule has 1 fully saturated rings. The van der Waals surface area contributed by atoms with Crippen LogP contribution in [-0.2, 0) is 39.9 Å². The van der Waals surface area contributed by atoms with E-state index in [0.717, 1.165) is 7.11 Å². The van der Waals surface area contributed by atoms with Crippen LogP contribution in [0.15, 0.2) is 54.3 Å². The fourth-order valence-corrected chi connectivity index (χ4v) is 3.37. The van der Waals surface area contributed by atoms with E-state index in [9.17, 15) is 24.0 Å². The molecule has 1 aliphatic carbocycles. The zero-order valence-electron chi connectivity index (χ0n) is 17.7. The summed E-state index contributed by atoms with van der Waals surface area (Å²) in [6, 6.07) is 7.35. The molecule has 1 aliphatic heterocycles. The van der Waals surface area contributed by atoms with Crippen molar-refractivity contribution < 1.29 is 42.9 Å². The summed E-state index contributed by atoms with van der Waals surface area (Å²) in [5, 5.41) is 0. The summed E-state index contributed by atoms with van der Waals surface area (Å²) in [5.41, 5.74) is 5.89. The monoisotopic (exact) mass is 458 g/mol. The van der Waals surface area contributed by atoms with Crippen LogP contribution in [-0.4, -0.2) is 54.2 Å². The summed E-state index contributed by atoms with van der Waals surface area (Å²) in [4.78, 5) is 62.2. The number of benzene rings is 1. The highest BCUT2D eigenvalue weighted by Crippen LogP contribution is 2.32. The van der Waals surface area contributed by atoms with Gasteiger partial charge in [-0.15, -0.1) is 0 Å². The number of nitrogens with two attached hydrogens (primary N) is 1. The first-order valence-electron chi connectivity index (χ1n) is 9.98. The molecule has 11 heteroatoms. The molecular weight excluding hydrogens is 436 g/mol. The number of primary amides is 1. The van der Waals surface area contributed by atoms with Gasteiger partial charge in [-0.05, 0) is 18.1 Å². The maximum atomic E-state index is 13.2. The molecule has 0 saturated carbocycles. The third kappa shape index (κ3) is 5.56. The number of carbonyl (C=O) groups excluding carboxylic acids is 5. The van der Waals surface area contributed by atoms with Gasteiger partial charge in [0.25, 0.3) is 0 Å². The highest BCUT2D eigenvalue weighted by molar-refractivity contribution is 6.01. The summed E-state index contributed by atoms with van der Waals surface area (Å²) < 4.78 is 20.0. The second kappa shape index (κ2) is 10.4. The van der Waals surface area contributed by atoms with E-state index in [1.165, 1.54) is 18.2 Å². The Bertz CT molecular complexity index is 1000. The fraction of sp³-hybridized carbons (Fsp3) is 0.318. The highest BCUT2D eigenvalue weighted by atomic mass is 16.7. The highest BCUT2D eigenvalue weighted by Gasteiger charge is 2.50. The Labute approximate surface area is 188 Å². The smallest absolute Gasteiger partial charge is 0.459 e. The Kier molecular flexibility index (Phi) is 7.44. The van der Waals surface area contributed by atoms with E-state index in [-0.39, 0.29) is 25.2 Å². The van der Waals surface area contributed by atoms with Gasteiger partial charge in [-0.3, -0.25) is 9.59 Å². The first kappa shape index (κ1) is 23.5. The number of esters is 1. The normalized spacial score (nSPS) is 20.2. The molecule has 3 atom stereocenters. The lowest BCUT2D eigenvalue weighted by Crippen LogP contribution is -2.58. The molecule has 0 radical (unpaired) electrons. The standard InChI is InChI=1S/C22H22N2O9/c1-30-22(29)32-16-9-5-8-14-18(16)33-21(28)24(19(14)26)15(10-11-17(23)25)20(27)31-12-13-6-3-2-4-7-13/h2-9,14-15,18H,10-12H2,1H3,(H2,23,25)/t14?,15-,18?/m0/s1. The molecule has 2 N–H and O–H groups in total. The number of nitrogens with zero attached hydrogens (tertiary/aromatic N) is 1. The molecule has 33 heavy (non-hydrogen) atoms. The molecule has 0 spiro atoms. The minimum absolute atomic E-state index is 0.101. The van der Waals surface area contributed by atoms with E-state index in [1.807, 2.05) is 0 Å². The second-order valence-corrected chi connectivity index (χ2v) is 7.16. The lowest BCUT2D eigenvalue weighted by molar-refractivity contribution is -0.160. The molecule has 2 aliphatic rings. The van der Waals surface area contributed by atoms with Gasteiger partial charge in [0.05, 0.1) is 7.11 Å². The van der Waals surface area contributed by atoms with Gasteiger partial charge in [-0.2, -0.15) is 0 Å². The largest absolute Gasteiger partial charge is 0.513 e. The number of ether oxygens (including phenoxy) is 4. The Balaban J connectivity index is 1.79. The molecule has 0 aromatic heterocycles. The van der Waals surface area contributed by atoms with Crippen molar-refractivity contribution in [3.63, 3.8) is 0 Å². The Morgan fingerprint density at radius 3 is 2.58 bits per heavy atom. The van der Waals surface area contributed by atoms with E-state index in [4.69, 9.17) is 19.9 Å². The molecule has 2 unspecified atom stereocenters. The summed E-state index contributed by atoms with van der Waals surface area (Å²) in [6.45, 7) is -0.102. The van der Waals surface area contributed by atoms with Crippen molar-refractivity contribution in [1.82, 2.24) is 4.90 Å². The second-order valence-electron chi connectivity index (χ2n) is 7.16. The number of methoxy groups -OCH3 is 1. The first-order chi connectivity index (χ1) is 15.8. The molecule has 1 aromatic carbocycles. The summed E-state index contributed by atoms with van der Waals surface area (Å²) in [7, 11) is 1.10. The van der Waals surface area contributed by atoms with Gasteiger partial charge in [0.2, 0.25) is 11.8 Å². The SMILES string of the molecule is COC(=O)OC1=CC=CC2C(=O)N([C@@H](CCC(N)=O)C(=O)OCc3ccccc3)C(=O)OC12. The predicted molar refractivity (Wildman–Crippen MR) is 110 cm³/mol. The maximum absolute atomic E-state index is 13.2. The van der Waals surface area contributed by atoms with Crippen molar-refractivity contribution in [3.05, 3.63) is 59.9 Å². The molecule has 1 saturated heterocycles. The van der Waals surface area contributed by atoms with Crippen LogP contribution >= 0.6 is 0 Å². The van der Waals surface area contributed by atoms with Crippen LogP contribution in [0.2, 0.25) is 0 Å². The molecule has 3 amide bonds. The molecule has 11 nitrogen and oxygen atoms in total. The van der Waals surface area contributed by atoms with Crippen molar-refractivity contribution in [2.45, 2.75) is 31.6 Å².